The van der Waals surface area contributed by atoms with E-state index in [1.54, 1.807) is 4.90 Å². The number of amides is 1. The van der Waals surface area contributed by atoms with Crippen molar-refractivity contribution in [3.8, 4) is 11.5 Å². The number of hydrogen-bond donors (Lipinski definition) is 1. The van der Waals surface area contributed by atoms with E-state index in [0.29, 0.717) is 18.8 Å². The Hall–Kier alpha value is -2.24. The Kier molecular flexibility index (Phi) is 5.83. The van der Waals surface area contributed by atoms with Crippen molar-refractivity contribution in [1.29, 1.82) is 0 Å². The summed E-state index contributed by atoms with van der Waals surface area (Å²) in [4.78, 5) is 24.4. The van der Waals surface area contributed by atoms with Crippen LogP contribution in [-0.4, -0.2) is 48.7 Å². The molecule has 0 heterocycles. The first kappa shape index (κ1) is 15.8. The number of aromatic carboxylic acids is 1. The standard InChI is InChI=1S/C14H19NO5/c1-4-15(5-2)13(16)9-20-12-8-10(14(17)18)6-7-11(12)19-3/h6-8H,4-5,9H2,1-3H3,(H,17,18). The lowest BCUT2D eigenvalue weighted by atomic mass is 10.2. The Labute approximate surface area is 117 Å². The van der Waals surface area contributed by atoms with Crippen LogP contribution in [0.25, 0.3) is 0 Å². The molecule has 1 rings (SSSR count). The number of ether oxygens (including phenoxy) is 2. The number of benzene rings is 1. The fourth-order valence-electron chi connectivity index (χ4n) is 1.73. The highest BCUT2D eigenvalue weighted by atomic mass is 16.5. The molecule has 0 aliphatic rings. The number of methoxy groups -OCH3 is 1. The van der Waals surface area contributed by atoms with Gasteiger partial charge >= 0.3 is 5.97 Å². The third-order valence-electron chi connectivity index (χ3n) is 2.88. The van der Waals surface area contributed by atoms with Crippen LogP contribution in [0.2, 0.25) is 0 Å². The predicted molar refractivity (Wildman–Crippen MR) is 73.4 cm³/mol. The van der Waals surface area contributed by atoms with Gasteiger partial charge in [-0.3, -0.25) is 4.79 Å². The molecule has 0 aliphatic heterocycles. The second kappa shape index (κ2) is 7.37. The molecule has 0 radical (unpaired) electrons. The second-order valence-corrected chi connectivity index (χ2v) is 4.03. The molecule has 20 heavy (non-hydrogen) atoms. The van der Waals surface area contributed by atoms with Crippen LogP contribution in [0.3, 0.4) is 0 Å². The van der Waals surface area contributed by atoms with Crippen molar-refractivity contribution in [1.82, 2.24) is 4.90 Å². The number of hydrogen-bond acceptors (Lipinski definition) is 4. The first-order valence-corrected chi connectivity index (χ1v) is 6.35. The summed E-state index contributed by atoms with van der Waals surface area (Å²) in [7, 11) is 1.45. The lowest BCUT2D eigenvalue weighted by molar-refractivity contribution is -0.132. The molecule has 6 heteroatoms. The monoisotopic (exact) mass is 281 g/mol. The minimum atomic E-state index is -1.06. The topological polar surface area (TPSA) is 76.1 Å². The van der Waals surface area contributed by atoms with Crippen molar-refractivity contribution in [2.75, 3.05) is 26.8 Å². The van der Waals surface area contributed by atoms with E-state index in [4.69, 9.17) is 14.6 Å². The van der Waals surface area contributed by atoms with Crippen LogP contribution in [0.4, 0.5) is 0 Å². The van der Waals surface area contributed by atoms with Crippen LogP contribution in [0.15, 0.2) is 18.2 Å². The molecule has 0 unspecified atom stereocenters. The Morgan fingerprint density at radius 3 is 2.35 bits per heavy atom. The highest BCUT2D eigenvalue weighted by Crippen LogP contribution is 2.28. The summed E-state index contributed by atoms with van der Waals surface area (Å²) in [6, 6.07) is 4.26. The van der Waals surface area contributed by atoms with E-state index in [2.05, 4.69) is 0 Å². The molecule has 110 valence electrons. The van der Waals surface area contributed by atoms with Gasteiger partial charge in [-0.1, -0.05) is 0 Å². The molecule has 0 bridgehead atoms. The highest BCUT2D eigenvalue weighted by Gasteiger charge is 2.14. The van der Waals surface area contributed by atoms with Gasteiger partial charge in [-0.25, -0.2) is 4.79 Å². The molecule has 1 aromatic rings. The number of carboxylic acids is 1. The lowest BCUT2D eigenvalue weighted by Gasteiger charge is -2.19. The SMILES string of the molecule is CCN(CC)C(=O)COc1cc(C(=O)O)ccc1OC. The van der Waals surface area contributed by atoms with Crippen LogP contribution >= 0.6 is 0 Å². The molecule has 0 fully saturated rings. The number of rotatable bonds is 7. The largest absolute Gasteiger partial charge is 0.493 e. The summed E-state index contributed by atoms with van der Waals surface area (Å²) in [6.45, 7) is 4.82. The summed E-state index contributed by atoms with van der Waals surface area (Å²) < 4.78 is 10.5. The molecule has 0 saturated carbocycles. The van der Waals surface area contributed by atoms with Crippen molar-refractivity contribution < 1.29 is 24.2 Å². The van der Waals surface area contributed by atoms with Crippen molar-refractivity contribution in [2.24, 2.45) is 0 Å². The molecule has 0 aromatic heterocycles. The minimum Gasteiger partial charge on any atom is -0.493 e. The van der Waals surface area contributed by atoms with Crippen LogP contribution in [0.5, 0.6) is 11.5 Å². The smallest absolute Gasteiger partial charge is 0.335 e. The summed E-state index contributed by atoms with van der Waals surface area (Å²) in [5.41, 5.74) is 0.0797. The minimum absolute atomic E-state index is 0.0797. The zero-order valence-electron chi connectivity index (χ0n) is 11.9. The Morgan fingerprint density at radius 1 is 1.20 bits per heavy atom. The maximum Gasteiger partial charge on any atom is 0.335 e. The predicted octanol–water partition coefficient (Wildman–Crippen LogP) is 1.64. The highest BCUT2D eigenvalue weighted by molar-refractivity contribution is 5.88. The number of carbonyl (C=O) groups excluding carboxylic acids is 1. The summed E-state index contributed by atoms with van der Waals surface area (Å²) in [6.07, 6.45) is 0. The summed E-state index contributed by atoms with van der Waals surface area (Å²) in [5, 5.41) is 8.94. The molecule has 0 saturated heterocycles. The quantitative estimate of drug-likeness (QED) is 0.822. The normalized spacial score (nSPS) is 9.95. The number of nitrogens with zero attached hydrogens (tertiary/aromatic N) is 1. The lowest BCUT2D eigenvalue weighted by Crippen LogP contribution is -2.34. The molecule has 1 N–H and O–H groups in total. The van der Waals surface area contributed by atoms with E-state index in [1.165, 1.54) is 25.3 Å². The van der Waals surface area contributed by atoms with E-state index in [1.807, 2.05) is 13.8 Å². The Bertz CT molecular complexity index is 482. The van der Waals surface area contributed by atoms with E-state index in [9.17, 15) is 9.59 Å². The summed E-state index contributed by atoms with van der Waals surface area (Å²) >= 11 is 0. The number of likely N-dealkylation sites (N-methyl/N-ethyl adjacent to an activating group) is 1. The molecular formula is C14H19NO5. The van der Waals surface area contributed by atoms with E-state index >= 15 is 0 Å². The third kappa shape index (κ3) is 3.88. The summed E-state index contributed by atoms with van der Waals surface area (Å²) in [5.74, 6) is -0.583. The van der Waals surface area contributed by atoms with Crippen molar-refractivity contribution in [3.63, 3.8) is 0 Å². The van der Waals surface area contributed by atoms with Gasteiger partial charge in [0.05, 0.1) is 12.7 Å². The van der Waals surface area contributed by atoms with Gasteiger partial charge in [0, 0.05) is 13.1 Å². The van der Waals surface area contributed by atoms with Gasteiger partial charge in [-0.2, -0.15) is 0 Å². The number of carboxylic acid groups (broad SMARTS) is 1. The Balaban J connectivity index is 2.82. The molecule has 0 aliphatic carbocycles. The van der Waals surface area contributed by atoms with Crippen LogP contribution in [-0.2, 0) is 4.79 Å². The zero-order chi connectivity index (χ0) is 15.1. The average Bonchev–Trinajstić information content (AvgIpc) is 2.45. The molecule has 6 nitrogen and oxygen atoms in total. The second-order valence-electron chi connectivity index (χ2n) is 4.03. The van der Waals surface area contributed by atoms with Gasteiger partial charge in [-0.05, 0) is 32.0 Å². The molecule has 1 amide bonds. The fraction of sp³-hybridized carbons (Fsp3) is 0.429. The van der Waals surface area contributed by atoms with Crippen molar-refractivity contribution in [2.45, 2.75) is 13.8 Å². The van der Waals surface area contributed by atoms with Gasteiger partial charge in [0.25, 0.3) is 5.91 Å². The van der Waals surface area contributed by atoms with E-state index < -0.39 is 5.97 Å². The van der Waals surface area contributed by atoms with E-state index in [-0.39, 0.29) is 23.8 Å². The van der Waals surface area contributed by atoms with Gasteiger partial charge in [0.2, 0.25) is 0 Å². The third-order valence-corrected chi connectivity index (χ3v) is 2.88. The van der Waals surface area contributed by atoms with Crippen LogP contribution < -0.4 is 9.47 Å². The average molecular weight is 281 g/mol. The van der Waals surface area contributed by atoms with Gasteiger partial charge in [0.1, 0.15) is 0 Å². The number of carbonyl (C=O) groups is 2. The molecule has 1 aromatic carbocycles. The van der Waals surface area contributed by atoms with Crippen LogP contribution in [0, 0.1) is 0 Å². The molecular weight excluding hydrogens is 262 g/mol. The van der Waals surface area contributed by atoms with Crippen molar-refractivity contribution in [3.05, 3.63) is 23.8 Å². The fourth-order valence-corrected chi connectivity index (χ4v) is 1.73. The molecule has 0 atom stereocenters. The van der Waals surface area contributed by atoms with Crippen molar-refractivity contribution >= 4 is 11.9 Å². The van der Waals surface area contributed by atoms with Gasteiger partial charge in [0.15, 0.2) is 18.1 Å². The molecule has 0 spiro atoms. The van der Waals surface area contributed by atoms with Gasteiger partial charge in [-0.15, -0.1) is 0 Å². The first-order chi connectivity index (χ1) is 9.53. The van der Waals surface area contributed by atoms with E-state index in [0.717, 1.165) is 0 Å². The maximum atomic E-state index is 11.8. The Morgan fingerprint density at radius 2 is 1.85 bits per heavy atom. The zero-order valence-corrected chi connectivity index (χ0v) is 11.9. The first-order valence-electron chi connectivity index (χ1n) is 6.35. The maximum absolute atomic E-state index is 11.8. The van der Waals surface area contributed by atoms with Gasteiger partial charge < -0.3 is 19.5 Å². The van der Waals surface area contributed by atoms with Crippen LogP contribution in [0.1, 0.15) is 24.2 Å².